The second kappa shape index (κ2) is 5.70. The van der Waals surface area contributed by atoms with E-state index in [1.54, 1.807) is 6.07 Å². The minimum absolute atomic E-state index is 0.147. The molecule has 18 heavy (non-hydrogen) atoms. The molecule has 1 nitrogen and oxygen atoms in total. The largest absolute Gasteiger partial charge is 0.311 e. The number of rotatable bonds is 4. The molecule has 1 N–H and O–H groups in total. The molecular weight excluding hydrogens is 293 g/mol. The van der Waals surface area contributed by atoms with Crippen LogP contribution in [0.1, 0.15) is 38.7 Å². The summed E-state index contributed by atoms with van der Waals surface area (Å²) in [6, 6.07) is 4.97. The van der Waals surface area contributed by atoms with Gasteiger partial charge in [-0.1, -0.05) is 29.8 Å². The molecular formula is C15H21BrFN. The van der Waals surface area contributed by atoms with E-state index in [0.29, 0.717) is 5.92 Å². The Labute approximate surface area is 117 Å². The average Bonchev–Trinajstić information content (AvgIpc) is 2.71. The summed E-state index contributed by atoms with van der Waals surface area (Å²) in [5, 5.41) is 3.65. The summed E-state index contributed by atoms with van der Waals surface area (Å²) in [4.78, 5) is 0. The monoisotopic (exact) mass is 313 g/mol. The lowest BCUT2D eigenvalue weighted by molar-refractivity contribution is 0.301. The molecule has 0 amide bonds. The molecule has 1 aromatic carbocycles. The Morgan fingerprint density at radius 3 is 2.83 bits per heavy atom. The molecule has 1 unspecified atom stereocenters. The first-order chi connectivity index (χ1) is 8.51. The summed E-state index contributed by atoms with van der Waals surface area (Å²) in [5.41, 5.74) is 1.23. The Bertz CT molecular complexity index is 411. The predicted octanol–water partition coefficient (Wildman–Crippen LogP) is 4.30. The third kappa shape index (κ3) is 3.33. The highest BCUT2D eigenvalue weighted by Crippen LogP contribution is 2.33. The van der Waals surface area contributed by atoms with Crippen LogP contribution in [-0.2, 0) is 6.42 Å². The number of nitrogens with one attached hydrogen (secondary N) is 1. The van der Waals surface area contributed by atoms with Gasteiger partial charge in [-0.25, -0.2) is 4.39 Å². The Kier molecular flexibility index (Phi) is 4.44. The molecule has 0 spiro atoms. The van der Waals surface area contributed by atoms with Gasteiger partial charge in [-0.2, -0.15) is 0 Å². The van der Waals surface area contributed by atoms with Gasteiger partial charge in [0, 0.05) is 10.0 Å². The Hall–Kier alpha value is -0.410. The highest BCUT2D eigenvalue weighted by atomic mass is 79.9. The van der Waals surface area contributed by atoms with Gasteiger partial charge in [-0.05, 0) is 61.9 Å². The van der Waals surface area contributed by atoms with Crippen molar-refractivity contribution in [2.45, 2.75) is 45.1 Å². The summed E-state index contributed by atoms with van der Waals surface area (Å²) in [6.07, 6.45) is 4.47. The van der Waals surface area contributed by atoms with Gasteiger partial charge >= 0.3 is 0 Å². The first-order valence-corrected chi connectivity index (χ1v) is 7.49. The van der Waals surface area contributed by atoms with E-state index < -0.39 is 0 Å². The van der Waals surface area contributed by atoms with Crippen LogP contribution in [0.25, 0.3) is 0 Å². The van der Waals surface area contributed by atoms with Gasteiger partial charge in [0.1, 0.15) is 5.82 Å². The average molecular weight is 314 g/mol. The zero-order valence-corrected chi connectivity index (χ0v) is 12.7. The highest BCUT2D eigenvalue weighted by molar-refractivity contribution is 9.10. The molecule has 0 saturated carbocycles. The molecule has 3 heteroatoms. The van der Waals surface area contributed by atoms with Crippen LogP contribution in [-0.4, -0.2) is 12.1 Å². The maximum Gasteiger partial charge on any atom is 0.123 e. The van der Waals surface area contributed by atoms with E-state index in [9.17, 15) is 4.39 Å². The van der Waals surface area contributed by atoms with Crippen molar-refractivity contribution in [2.75, 3.05) is 6.54 Å². The third-order valence-corrected chi connectivity index (χ3v) is 4.44. The molecule has 0 radical (unpaired) electrons. The molecule has 1 saturated heterocycles. The molecule has 0 bridgehead atoms. The van der Waals surface area contributed by atoms with E-state index in [4.69, 9.17) is 0 Å². The van der Waals surface area contributed by atoms with E-state index in [1.807, 2.05) is 6.07 Å². The number of benzene rings is 1. The van der Waals surface area contributed by atoms with Gasteiger partial charge < -0.3 is 5.32 Å². The quantitative estimate of drug-likeness (QED) is 0.874. The van der Waals surface area contributed by atoms with E-state index in [0.717, 1.165) is 29.4 Å². The molecule has 0 aromatic heterocycles. The fraction of sp³-hybridized carbons (Fsp3) is 0.600. The zero-order valence-electron chi connectivity index (χ0n) is 11.1. The van der Waals surface area contributed by atoms with Crippen molar-refractivity contribution < 1.29 is 4.39 Å². The lowest BCUT2D eigenvalue weighted by Gasteiger charge is -2.32. The van der Waals surface area contributed by atoms with Gasteiger partial charge in [0.25, 0.3) is 0 Å². The second-order valence-corrected chi connectivity index (χ2v) is 6.68. The molecule has 1 atom stereocenters. The predicted molar refractivity (Wildman–Crippen MR) is 77.2 cm³/mol. The van der Waals surface area contributed by atoms with E-state index in [-0.39, 0.29) is 11.4 Å². The lowest BCUT2D eigenvalue weighted by Crippen LogP contribution is -2.43. The maximum atomic E-state index is 13.4. The summed E-state index contributed by atoms with van der Waals surface area (Å²) < 4.78 is 14.4. The standard InChI is InChI=1S/C15H21BrFN/c1-11(2)9-15(6-3-7-18-15)10-12-8-13(17)4-5-14(12)16/h4-5,8,11,18H,3,6-7,9-10H2,1-2H3. The first kappa shape index (κ1) is 14.0. The van der Waals surface area contributed by atoms with Crippen LogP contribution in [0.2, 0.25) is 0 Å². The molecule has 1 heterocycles. The van der Waals surface area contributed by atoms with Crippen LogP contribution < -0.4 is 5.32 Å². The van der Waals surface area contributed by atoms with E-state index >= 15 is 0 Å². The van der Waals surface area contributed by atoms with Gasteiger partial charge in [-0.3, -0.25) is 0 Å². The van der Waals surface area contributed by atoms with Crippen molar-refractivity contribution >= 4 is 15.9 Å². The number of hydrogen-bond donors (Lipinski definition) is 1. The van der Waals surface area contributed by atoms with Crippen molar-refractivity contribution in [1.29, 1.82) is 0 Å². The van der Waals surface area contributed by atoms with Crippen LogP contribution >= 0.6 is 15.9 Å². The molecule has 100 valence electrons. The van der Waals surface area contributed by atoms with Crippen molar-refractivity contribution in [3.8, 4) is 0 Å². The van der Waals surface area contributed by atoms with Crippen molar-refractivity contribution in [2.24, 2.45) is 5.92 Å². The highest BCUT2D eigenvalue weighted by Gasteiger charge is 2.34. The summed E-state index contributed by atoms with van der Waals surface area (Å²) in [5.74, 6) is 0.508. The van der Waals surface area contributed by atoms with Gasteiger partial charge in [0.05, 0.1) is 0 Å². The van der Waals surface area contributed by atoms with Crippen LogP contribution in [0, 0.1) is 11.7 Å². The minimum atomic E-state index is -0.147. The fourth-order valence-corrected chi connectivity index (χ4v) is 3.48. The smallest absolute Gasteiger partial charge is 0.123 e. The summed E-state index contributed by atoms with van der Waals surface area (Å²) in [6.45, 7) is 5.59. The zero-order chi connectivity index (χ0) is 13.2. The molecule has 2 rings (SSSR count). The van der Waals surface area contributed by atoms with Crippen LogP contribution in [0.15, 0.2) is 22.7 Å². The van der Waals surface area contributed by atoms with Crippen molar-refractivity contribution in [3.63, 3.8) is 0 Å². The van der Waals surface area contributed by atoms with Gasteiger partial charge in [0.15, 0.2) is 0 Å². The Balaban J connectivity index is 2.20. The summed E-state index contributed by atoms with van der Waals surface area (Å²) in [7, 11) is 0. The third-order valence-electron chi connectivity index (χ3n) is 3.67. The van der Waals surface area contributed by atoms with Crippen LogP contribution in [0.5, 0.6) is 0 Å². The molecule has 1 fully saturated rings. The lowest BCUT2D eigenvalue weighted by atomic mass is 9.82. The number of hydrogen-bond acceptors (Lipinski definition) is 1. The number of halogens is 2. The van der Waals surface area contributed by atoms with E-state index in [2.05, 4.69) is 35.1 Å². The SMILES string of the molecule is CC(C)CC1(Cc2cc(F)ccc2Br)CCCN1. The minimum Gasteiger partial charge on any atom is -0.311 e. The van der Waals surface area contributed by atoms with E-state index in [1.165, 1.54) is 18.9 Å². The first-order valence-electron chi connectivity index (χ1n) is 6.70. The van der Waals surface area contributed by atoms with Crippen molar-refractivity contribution in [3.05, 3.63) is 34.1 Å². The topological polar surface area (TPSA) is 12.0 Å². The maximum absolute atomic E-state index is 13.4. The molecule has 0 aliphatic carbocycles. The normalized spacial score (nSPS) is 23.8. The van der Waals surface area contributed by atoms with Gasteiger partial charge in [-0.15, -0.1) is 0 Å². The van der Waals surface area contributed by atoms with Crippen LogP contribution in [0.3, 0.4) is 0 Å². The molecule has 1 aliphatic rings. The van der Waals surface area contributed by atoms with Crippen LogP contribution in [0.4, 0.5) is 4.39 Å². The fourth-order valence-electron chi connectivity index (χ4n) is 3.09. The Morgan fingerprint density at radius 2 is 2.22 bits per heavy atom. The second-order valence-electron chi connectivity index (χ2n) is 5.82. The van der Waals surface area contributed by atoms with Gasteiger partial charge in [0.2, 0.25) is 0 Å². The van der Waals surface area contributed by atoms with Crippen molar-refractivity contribution in [1.82, 2.24) is 5.32 Å². The Morgan fingerprint density at radius 1 is 1.44 bits per heavy atom. The summed E-state index contributed by atoms with van der Waals surface area (Å²) >= 11 is 3.53. The molecule has 1 aromatic rings. The molecule has 1 aliphatic heterocycles.